The summed E-state index contributed by atoms with van der Waals surface area (Å²) >= 11 is 0.844. The van der Waals surface area contributed by atoms with E-state index in [4.69, 9.17) is 13.7 Å². The standard InChI is InChI=1S/C26H26F2N2O4S/c1-32-23-9-3-18(15-24(23)33-2)16-26(31)30-13-11-29(12-14-30)20-5-7-21(8-6-20)34-35-25-10-4-19(27)17-22(25)28/h3-10,15,17H,11-14,16H2,1-2H3. The van der Waals surface area contributed by atoms with Crippen molar-refractivity contribution in [2.45, 2.75) is 11.3 Å². The van der Waals surface area contributed by atoms with Gasteiger partial charge in [-0.25, -0.2) is 8.78 Å². The monoisotopic (exact) mass is 500 g/mol. The van der Waals surface area contributed by atoms with Crippen LogP contribution < -0.4 is 18.6 Å². The van der Waals surface area contributed by atoms with Gasteiger partial charge in [0.2, 0.25) is 5.91 Å². The van der Waals surface area contributed by atoms with E-state index in [1.807, 2.05) is 29.2 Å². The lowest BCUT2D eigenvalue weighted by Gasteiger charge is -2.36. The Morgan fingerprint density at radius 1 is 0.886 bits per heavy atom. The van der Waals surface area contributed by atoms with Crippen LogP contribution in [0.5, 0.6) is 17.2 Å². The molecule has 0 radical (unpaired) electrons. The van der Waals surface area contributed by atoms with E-state index in [0.717, 1.165) is 29.4 Å². The lowest BCUT2D eigenvalue weighted by Crippen LogP contribution is -2.49. The van der Waals surface area contributed by atoms with Crippen molar-refractivity contribution in [3.8, 4) is 17.2 Å². The number of carbonyl (C=O) groups excluding carboxylic acids is 1. The SMILES string of the molecule is COc1ccc(CC(=O)N2CCN(c3ccc(OSc4ccc(F)cc4F)cc3)CC2)cc1OC. The minimum absolute atomic E-state index is 0.0747. The number of benzene rings is 3. The largest absolute Gasteiger partial charge is 0.493 e. The van der Waals surface area contributed by atoms with Crippen LogP contribution >= 0.6 is 12.0 Å². The quantitative estimate of drug-likeness (QED) is 0.408. The zero-order valence-electron chi connectivity index (χ0n) is 19.5. The molecule has 35 heavy (non-hydrogen) atoms. The van der Waals surface area contributed by atoms with Crippen molar-refractivity contribution >= 4 is 23.6 Å². The predicted molar refractivity (Wildman–Crippen MR) is 131 cm³/mol. The zero-order valence-corrected chi connectivity index (χ0v) is 20.3. The normalized spacial score (nSPS) is 13.5. The molecule has 0 unspecified atom stereocenters. The van der Waals surface area contributed by atoms with E-state index in [9.17, 15) is 13.6 Å². The van der Waals surface area contributed by atoms with Crippen LogP contribution in [-0.2, 0) is 11.2 Å². The molecule has 4 rings (SSSR count). The number of anilines is 1. The molecule has 6 nitrogen and oxygen atoms in total. The van der Waals surface area contributed by atoms with E-state index in [2.05, 4.69) is 4.90 Å². The maximum absolute atomic E-state index is 13.7. The van der Waals surface area contributed by atoms with Crippen molar-refractivity contribution in [3.05, 3.63) is 77.9 Å². The van der Waals surface area contributed by atoms with Crippen LogP contribution in [0.4, 0.5) is 14.5 Å². The number of carbonyl (C=O) groups is 1. The van der Waals surface area contributed by atoms with Crippen molar-refractivity contribution in [1.29, 1.82) is 0 Å². The molecule has 3 aromatic rings. The van der Waals surface area contributed by atoms with Gasteiger partial charge >= 0.3 is 0 Å². The van der Waals surface area contributed by atoms with Crippen molar-refractivity contribution in [2.75, 3.05) is 45.3 Å². The molecule has 0 atom stereocenters. The van der Waals surface area contributed by atoms with Gasteiger partial charge in [-0.2, -0.15) is 0 Å². The van der Waals surface area contributed by atoms with Crippen LogP contribution in [-0.4, -0.2) is 51.2 Å². The third-order valence-corrected chi connectivity index (χ3v) is 6.55. The zero-order chi connectivity index (χ0) is 24.8. The summed E-state index contributed by atoms with van der Waals surface area (Å²) in [4.78, 5) is 17.1. The summed E-state index contributed by atoms with van der Waals surface area (Å²) in [5, 5.41) is 0. The number of methoxy groups -OCH3 is 2. The lowest BCUT2D eigenvalue weighted by molar-refractivity contribution is -0.130. The molecule has 1 aliphatic heterocycles. The van der Waals surface area contributed by atoms with Crippen LogP contribution in [0.2, 0.25) is 0 Å². The summed E-state index contributed by atoms with van der Waals surface area (Å²) in [6.45, 7) is 2.69. The summed E-state index contributed by atoms with van der Waals surface area (Å²) in [6.07, 6.45) is 0.304. The number of piperazine rings is 1. The maximum Gasteiger partial charge on any atom is 0.227 e. The number of hydrogen-bond donors (Lipinski definition) is 0. The van der Waals surface area contributed by atoms with Gasteiger partial charge in [-0.1, -0.05) is 6.07 Å². The third-order valence-electron chi connectivity index (χ3n) is 5.76. The van der Waals surface area contributed by atoms with Crippen LogP contribution in [0.3, 0.4) is 0 Å². The lowest BCUT2D eigenvalue weighted by atomic mass is 10.1. The second kappa shape index (κ2) is 11.3. The van der Waals surface area contributed by atoms with Gasteiger partial charge in [-0.15, -0.1) is 0 Å². The van der Waals surface area contributed by atoms with Gasteiger partial charge in [0.1, 0.15) is 17.4 Å². The average Bonchev–Trinajstić information content (AvgIpc) is 2.88. The van der Waals surface area contributed by atoms with Gasteiger partial charge in [-0.05, 0) is 54.1 Å². The molecule has 1 saturated heterocycles. The van der Waals surface area contributed by atoms with Gasteiger partial charge in [0.05, 0.1) is 37.6 Å². The van der Waals surface area contributed by atoms with E-state index in [1.54, 1.807) is 32.4 Å². The molecule has 184 valence electrons. The van der Waals surface area contributed by atoms with Gasteiger partial charge < -0.3 is 23.5 Å². The Hall–Kier alpha value is -3.46. The molecule has 0 aromatic heterocycles. The first-order valence-corrected chi connectivity index (χ1v) is 11.8. The van der Waals surface area contributed by atoms with E-state index in [1.165, 1.54) is 12.1 Å². The minimum atomic E-state index is -0.662. The summed E-state index contributed by atoms with van der Waals surface area (Å²) in [5.41, 5.74) is 1.89. The maximum atomic E-state index is 13.7. The smallest absolute Gasteiger partial charge is 0.227 e. The highest BCUT2D eigenvalue weighted by molar-refractivity contribution is 7.95. The van der Waals surface area contributed by atoms with E-state index in [0.29, 0.717) is 49.8 Å². The Morgan fingerprint density at radius 2 is 1.60 bits per heavy atom. The Morgan fingerprint density at radius 3 is 2.26 bits per heavy atom. The van der Waals surface area contributed by atoms with Crippen molar-refractivity contribution in [3.63, 3.8) is 0 Å². The molecule has 1 fully saturated rings. The van der Waals surface area contributed by atoms with Crippen LogP contribution in [0, 0.1) is 11.6 Å². The topological polar surface area (TPSA) is 51.2 Å². The van der Waals surface area contributed by atoms with Crippen molar-refractivity contribution < 1.29 is 27.2 Å². The number of rotatable bonds is 8. The molecule has 0 saturated carbocycles. The molecule has 0 spiro atoms. The highest BCUT2D eigenvalue weighted by Crippen LogP contribution is 2.29. The number of amides is 1. The first-order valence-electron chi connectivity index (χ1n) is 11.1. The molecule has 0 N–H and O–H groups in total. The molecule has 1 aliphatic rings. The van der Waals surface area contributed by atoms with Gasteiger partial charge in [0.15, 0.2) is 11.5 Å². The van der Waals surface area contributed by atoms with Crippen LogP contribution in [0.25, 0.3) is 0 Å². The first kappa shape index (κ1) is 24.7. The molecule has 3 aromatic carbocycles. The highest BCUT2D eigenvalue weighted by Gasteiger charge is 2.22. The Bertz CT molecular complexity index is 1170. The summed E-state index contributed by atoms with van der Waals surface area (Å²) < 4.78 is 42.9. The molecule has 0 bridgehead atoms. The van der Waals surface area contributed by atoms with Crippen LogP contribution in [0.1, 0.15) is 5.56 Å². The summed E-state index contributed by atoms with van der Waals surface area (Å²) in [7, 11) is 3.16. The van der Waals surface area contributed by atoms with Gasteiger partial charge in [0, 0.05) is 37.9 Å². The first-order chi connectivity index (χ1) is 17.0. The van der Waals surface area contributed by atoms with Gasteiger partial charge in [0.25, 0.3) is 0 Å². The van der Waals surface area contributed by atoms with Gasteiger partial charge in [-0.3, -0.25) is 4.79 Å². The second-order valence-corrected chi connectivity index (χ2v) is 8.74. The Kier molecular flexibility index (Phi) is 7.97. The summed E-state index contributed by atoms with van der Waals surface area (Å²) in [5.74, 6) is 0.590. The van der Waals surface area contributed by atoms with E-state index in [-0.39, 0.29) is 10.8 Å². The number of hydrogen-bond acceptors (Lipinski definition) is 6. The van der Waals surface area contributed by atoms with E-state index < -0.39 is 11.6 Å². The number of nitrogens with zero attached hydrogens (tertiary/aromatic N) is 2. The molecule has 9 heteroatoms. The highest BCUT2D eigenvalue weighted by atomic mass is 32.2. The molecular weight excluding hydrogens is 474 g/mol. The van der Waals surface area contributed by atoms with Crippen molar-refractivity contribution in [1.82, 2.24) is 4.90 Å². The molecule has 1 heterocycles. The molecule has 1 amide bonds. The second-order valence-electron chi connectivity index (χ2n) is 7.97. The predicted octanol–water partition coefficient (Wildman–Crippen LogP) is 4.96. The van der Waals surface area contributed by atoms with Crippen molar-refractivity contribution in [2.24, 2.45) is 0 Å². The summed E-state index contributed by atoms with van der Waals surface area (Å²) in [6, 6.07) is 16.3. The Balaban J connectivity index is 1.27. The molecule has 0 aliphatic carbocycles. The third kappa shape index (κ3) is 6.16. The van der Waals surface area contributed by atoms with E-state index >= 15 is 0 Å². The fourth-order valence-electron chi connectivity index (χ4n) is 3.84. The number of ether oxygens (including phenoxy) is 2. The minimum Gasteiger partial charge on any atom is -0.493 e. The fraction of sp³-hybridized carbons (Fsp3) is 0.269. The molecular formula is C26H26F2N2O4S. The fourth-order valence-corrected chi connectivity index (χ4v) is 4.40. The number of halogens is 2. The Labute approximate surface area is 207 Å². The average molecular weight is 501 g/mol. The van der Waals surface area contributed by atoms with Crippen LogP contribution in [0.15, 0.2) is 65.6 Å².